The number of pyridine rings is 1. The van der Waals surface area contributed by atoms with E-state index in [4.69, 9.17) is 5.73 Å². The number of hydrogen-bond acceptors (Lipinski definition) is 7. The minimum Gasteiger partial charge on any atom is -0.390 e. The van der Waals surface area contributed by atoms with Crippen LogP contribution < -0.4 is 11.1 Å². The van der Waals surface area contributed by atoms with Crippen molar-refractivity contribution in [2.24, 2.45) is 5.92 Å². The molecule has 1 heterocycles. The van der Waals surface area contributed by atoms with E-state index >= 15 is 0 Å². The van der Waals surface area contributed by atoms with E-state index < -0.39 is 29.1 Å². The van der Waals surface area contributed by atoms with Crippen molar-refractivity contribution in [3.63, 3.8) is 0 Å². The average Bonchev–Trinajstić information content (AvgIpc) is 2.87. The number of carbonyl (C=O) groups excluding carboxylic acids is 1. The Balaban J connectivity index is 1.84. The first kappa shape index (κ1) is 18.0. The summed E-state index contributed by atoms with van der Waals surface area (Å²) in [7, 11) is 0. The number of aliphatic hydroxyl groups is 2. The topological polar surface area (TPSA) is 149 Å². The van der Waals surface area contributed by atoms with Gasteiger partial charge < -0.3 is 15.5 Å². The highest BCUT2D eigenvalue weighted by molar-refractivity contribution is 5.84. The molecule has 9 nitrogen and oxygen atoms in total. The van der Waals surface area contributed by atoms with Gasteiger partial charge in [0.25, 0.3) is 0 Å². The summed E-state index contributed by atoms with van der Waals surface area (Å²) in [6.45, 7) is 0. The molecule has 2 aromatic rings. The Labute approximate surface area is 149 Å². The van der Waals surface area contributed by atoms with Gasteiger partial charge in [-0.1, -0.05) is 18.2 Å². The molecule has 0 bridgehead atoms. The summed E-state index contributed by atoms with van der Waals surface area (Å²) >= 11 is 0. The first-order valence-electron chi connectivity index (χ1n) is 8.28. The molecule has 1 amide bonds. The Morgan fingerprint density at radius 3 is 2.77 bits per heavy atom. The van der Waals surface area contributed by atoms with Gasteiger partial charge in [0, 0.05) is 17.9 Å². The molecular formula is C17H19N4O5. The van der Waals surface area contributed by atoms with Gasteiger partial charge in [-0.15, -0.1) is 0 Å². The molecule has 1 radical (unpaired) electrons. The number of fused-ring (bicyclic) bond motifs is 1. The molecule has 1 saturated carbocycles. The molecule has 1 fully saturated rings. The van der Waals surface area contributed by atoms with E-state index in [-0.39, 0.29) is 30.3 Å². The zero-order valence-electron chi connectivity index (χ0n) is 13.8. The number of anilines is 1. The number of nitro groups is 1. The molecule has 1 aliphatic carbocycles. The number of benzene rings is 1. The zero-order valence-corrected chi connectivity index (χ0v) is 13.8. The Morgan fingerprint density at radius 2 is 2.08 bits per heavy atom. The molecule has 3 rings (SSSR count). The van der Waals surface area contributed by atoms with E-state index in [1.54, 1.807) is 24.3 Å². The van der Waals surface area contributed by atoms with Crippen molar-refractivity contribution < 1.29 is 19.9 Å². The summed E-state index contributed by atoms with van der Waals surface area (Å²) in [5.41, 5.74) is 7.32. The fourth-order valence-electron chi connectivity index (χ4n) is 3.40. The number of nitrogens with zero attached hydrogens (tertiary/aromatic N) is 2. The Bertz CT molecular complexity index is 843. The largest absolute Gasteiger partial charge is 0.390 e. The van der Waals surface area contributed by atoms with Crippen molar-refractivity contribution >= 4 is 28.3 Å². The van der Waals surface area contributed by atoms with Gasteiger partial charge in [-0.2, -0.15) is 0 Å². The lowest BCUT2D eigenvalue weighted by Gasteiger charge is -2.18. The van der Waals surface area contributed by atoms with E-state index in [0.717, 1.165) is 0 Å². The van der Waals surface area contributed by atoms with Crippen LogP contribution in [0.2, 0.25) is 0 Å². The third-order valence-corrected chi connectivity index (χ3v) is 4.77. The van der Waals surface area contributed by atoms with E-state index in [9.17, 15) is 25.1 Å². The van der Waals surface area contributed by atoms with Gasteiger partial charge in [0.1, 0.15) is 6.10 Å². The van der Waals surface area contributed by atoms with Crippen LogP contribution >= 0.6 is 0 Å². The Hall–Kier alpha value is -2.78. The number of amides is 1. The van der Waals surface area contributed by atoms with Crippen LogP contribution in [0.5, 0.6) is 0 Å². The van der Waals surface area contributed by atoms with Crippen molar-refractivity contribution in [1.29, 1.82) is 0 Å². The normalized spacial score (nSPS) is 25.3. The molecule has 1 aliphatic rings. The Morgan fingerprint density at radius 1 is 1.35 bits per heavy atom. The highest BCUT2D eigenvalue weighted by Gasteiger charge is 2.42. The predicted octanol–water partition coefficient (Wildman–Crippen LogP) is 1.25. The first-order chi connectivity index (χ1) is 12.4. The molecule has 1 aromatic carbocycles. The summed E-state index contributed by atoms with van der Waals surface area (Å²) in [4.78, 5) is 26.0. The van der Waals surface area contributed by atoms with Gasteiger partial charge in [0.05, 0.1) is 22.6 Å². The van der Waals surface area contributed by atoms with Crippen LogP contribution in [0.1, 0.15) is 19.3 Å². The van der Waals surface area contributed by atoms with Gasteiger partial charge in [-0.3, -0.25) is 20.6 Å². The van der Waals surface area contributed by atoms with Crippen LogP contribution in [0, 0.1) is 16.0 Å². The number of aliphatic hydroxyl groups excluding tert-OH is 2. The van der Waals surface area contributed by atoms with Gasteiger partial charge in [-0.25, -0.2) is 4.98 Å². The molecule has 137 valence electrons. The lowest BCUT2D eigenvalue weighted by molar-refractivity contribution is -0.384. The van der Waals surface area contributed by atoms with Crippen LogP contribution in [0.3, 0.4) is 0 Å². The molecule has 0 spiro atoms. The van der Waals surface area contributed by atoms with Crippen LogP contribution in [0.15, 0.2) is 30.3 Å². The van der Waals surface area contributed by atoms with Crippen molar-refractivity contribution in [3.05, 3.63) is 40.4 Å². The lowest BCUT2D eigenvalue weighted by Crippen LogP contribution is -2.35. The maximum atomic E-state index is 11.4. The van der Waals surface area contributed by atoms with E-state index in [2.05, 4.69) is 10.3 Å². The van der Waals surface area contributed by atoms with Gasteiger partial charge in [-0.05, 0) is 24.8 Å². The second-order valence-electron chi connectivity index (χ2n) is 6.50. The van der Waals surface area contributed by atoms with E-state index in [1.165, 1.54) is 6.07 Å². The van der Waals surface area contributed by atoms with Crippen LogP contribution in [0.25, 0.3) is 10.9 Å². The third-order valence-electron chi connectivity index (χ3n) is 4.77. The summed E-state index contributed by atoms with van der Waals surface area (Å²) in [5, 5.41) is 35.3. The second kappa shape index (κ2) is 7.22. The summed E-state index contributed by atoms with van der Waals surface area (Å²) in [6.07, 6.45) is -1.61. The SMILES string of the molecule is [NH]C(=O)CCC1CC(Nc2nc3ccccc3cc2[N+](=O)[O-])C(O)C1O. The molecule has 0 saturated heterocycles. The quantitative estimate of drug-likeness (QED) is 0.519. The predicted molar refractivity (Wildman–Crippen MR) is 93.3 cm³/mol. The summed E-state index contributed by atoms with van der Waals surface area (Å²) in [6, 6.07) is 7.76. The number of carbonyl (C=O) groups is 1. The standard InChI is InChI=1S/C17H19N4O5/c18-14(22)6-5-10-7-12(16(24)15(10)23)20-17-13(21(25)26)8-9-3-1-2-4-11(9)19-17/h1-4,8,10,12,15-16,18,23-24H,5-7H2,(H,19,20). The van der Waals surface area contributed by atoms with Crippen molar-refractivity contribution in [2.75, 3.05) is 5.32 Å². The third kappa shape index (κ3) is 3.58. The molecule has 4 atom stereocenters. The van der Waals surface area contributed by atoms with Gasteiger partial charge >= 0.3 is 5.69 Å². The fraction of sp³-hybridized carbons (Fsp3) is 0.412. The number of nitrogens with one attached hydrogen (secondary N) is 2. The molecule has 26 heavy (non-hydrogen) atoms. The highest BCUT2D eigenvalue weighted by atomic mass is 16.6. The maximum absolute atomic E-state index is 11.4. The zero-order chi connectivity index (χ0) is 18.8. The number of aromatic nitrogens is 1. The highest BCUT2D eigenvalue weighted by Crippen LogP contribution is 2.34. The van der Waals surface area contributed by atoms with Crippen molar-refractivity contribution in [3.8, 4) is 0 Å². The Kier molecular flexibility index (Phi) is 5.01. The van der Waals surface area contributed by atoms with E-state index in [0.29, 0.717) is 17.3 Å². The number of hydrogen-bond donors (Lipinski definition) is 3. The van der Waals surface area contributed by atoms with E-state index in [1.807, 2.05) is 0 Å². The van der Waals surface area contributed by atoms with Crippen molar-refractivity contribution in [2.45, 2.75) is 37.5 Å². The van der Waals surface area contributed by atoms with Crippen molar-refractivity contribution in [1.82, 2.24) is 10.7 Å². The molecule has 4 N–H and O–H groups in total. The maximum Gasteiger partial charge on any atom is 0.312 e. The van der Waals surface area contributed by atoms with Crippen LogP contribution in [-0.2, 0) is 4.79 Å². The van der Waals surface area contributed by atoms with Crippen LogP contribution in [-0.4, -0.2) is 44.3 Å². The summed E-state index contributed by atoms with van der Waals surface area (Å²) in [5.74, 6) is -1.06. The fourth-order valence-corrected chi connectivity index (χ4v) is 3.40. The smallest absolute Gasteiger partial charge is 0.312 e. The molecule has 9 heteroatoms. The minimum absolute atomic E-state index is 0.00443. The number of rotatable bonds is 6. The monoisotopic (exact) mass is 359 g/mol. The molecule has 1 aromatic heterocycles. The molecule has 4 unspecified atom stereocenters. The lowest BCUT2D eigenvalue weighted by atomic mass is 9.99. The number of para-hydroxylation sites is 1. The molecular weight excluding hydrogens is 340 g/mol. The summed E-state index contributed by atoms with van der Waals surface area (Å²) < 4.78 is 0. The first-order valence-corrected chi connectivity index (χ1v) is 8.28. The second-order valence-corrected chi connectivity index (χ2v) is 6.50. The van der Waals surface area contributed by atoms with Gasteiger partial charge in [0.15, 0.2) is 0 Å². The average molecular weight is 359 g/mol. The van der Waals surface area contributed by atoms with Crippen LogP contribution in [0.4, 0.5) is 11.5 Å². The minimum atomic E-state index is -1.14. The van der Waals surface area contributed by atoms with Gasteiger partial charge in [0.2, 0.25) is 11.7 Å². The molecule has 0 aliphatic heterocycles.